The van der Waals surface area contributed by atoms with E-state index in [4.69, 9.17) is 9.57 Å². The molecule has 0 aromatic carbocycles. The van der Waals surface area contributed by atoms with Crippen molar-refractivity contribution in [3.63, 3.8) is 0 Å². The zero-order valence-electron chi connectivity index (χ0n) is 16.7. The van der Waals surface area contributed by atoms with Gasteiger partial charge in [-0.1, -0.05) is 0 Å². The molecule has 1 amide bonds. The first-order chi connectivity index (χ1) is 15.1. The number of hydroxylamine groups is 1. The minimum absolute atomic E-state index is 0.271. The monoisotopic (exact) mass is 425 g/mol. The van der Waals surface area contributed by atoms with Crippen molar-refractivity contribution < 1.29 is 18.8 Å². The highest BCUT2D eigenvalue weighted by Crippen LogP contribution is 2.38. The van der Waals surface area contributed by atoms with E-state index in [1.165, 1.54) is 12.3 Å². The molecule has 2 saturated heterocycles. The summed E-state index contributed by atoms with van der Waals surface area (Å²) in [5.41, 5.74) is 1.38. The lowest BCUT2D eigenvalue weighted by molar-refractivity contribution is 0.0902. The normalized spacial score (nSPS) is 25.8. The SMILES string of the molecule is CN1C[C@@H]2Oc3ncc(F)cc3C3CCON3c3ccn4ncc(c4n3)C(=O)N[C@@H]2C1. The number of aromatic nitrogens is 4. The zero-order valence-corrected chi connectivity index (χ0v) is 16.7. The number of ether oxygens (including phenoxy) is 1. The van der Waals surface area contributed by atoms with Gasteiger partial charge in [-0.15, -0.1) is 0 Å². The number of halogens is 1. The summed E-state index contributed by atoms with van der Waals surface area (Å²) in [7, 11) is 1.96. The van der Waals surface area contributed by atoms with E-state index in [0.717, 1.165) is 6.20 Å². The second kappa shape index (κ2) is 6.86. The maximum absolute atomic E-state index is 14.2. The smallest absolute Gasteiger partial charge is 0.257 e. The van der Waals surface area contributed by atoms with Gasteiger partial charge in [-0.3, -0.25) is 9.63 Å². The van der Waals surface area contributed by atoms with Crippen molar-refractivity contribution in [3.05, 3.63) is 47.7 Å². The van der Waals surface area contributed by atoms with Crippen molar-refractivity contribution in [1.82, 2.24) is 29.8 Å². The van der Waals surface area contributed by atoms with Crippen molar-refractivity contribution in [2.45, 2.75) is 24.6 Å². The molecule has 3 aromatic rings. The van der Waals surface area contributed by atoms with E-state index in [-0.39, 0.29) is 24.1 Å². The maximum atomic E-state index is 14.2. The third-order valence-corrected chi connectivity index (χ3v) is 5.96. The van der Waals surface area contributed by atoms with Crippen molar-refractivity contribution >= 4 is 17.4 Å². The fourth-order valence-corrected chi connectivity index (χ4v) is 4.51. The number of anilines is 1. The quantitative estimate of drug-likeness (QED) is 0.569. The van der Waals surface area contributed by atoms with Crippen LogP contribution in [0.2, 0.25) is 0 Å². The summed E-state index contributed by atoms with van der Waals surface area (Å²) in [4.78, 5) is 29.9. The van der Waals surface area contributed by atoms with Crippen molar-refractivity contribution in [2.24, 2.45) is 0 Å². The standard InChI is InChI=1S/C20H20FN7O3/c1-26-9-14-16(10-26)31-20-12(6-11(21)7-22-20)15-3-5-30-28(15)17-2-4-27-18(25-17)13(8-23-27)19(29)24-14/h2,4,6-8,14-16H,3,5,9-10H2,1H3,(H,24,29)/t14-,15?,16+/m1/s1. The Morgan fingerprint density at radius 3 is 3.10 bits per heavy atom. The maximum Gasteiger partial charge on any atom is 0.257 e. The Hall–Kier alpha value is -3.31. The fourth-order valence-electron chi connectivity index (χ4n) is 4.51. The average Bonchev–Trinajstić information content (AvgIpc) is 3.46. The highest BCUT2D eigenvalue weighted by atomic mass is 19.1. The number of nitrogens with zero attached hydrogens (tertiary/aromatic N) is 6. The molecule has 6 heterocycles. The molecule has 3 aliphatic rings. The molecule has 1 unspecified atom stereocenters. The van der Waals surface area contributed by atoms with Crippen molar-refractivity contribution in [3.8, 4) is 5.88 Å². The number of rotatable bonds is 0. The zero-order chi connectivity index (χ0) is 21.1. The van der Waals surface area contributed by atoms with Gasteiger partial charge in [-0.2, -0.15) is 5.10 Å². The van der Waals surface area contributed by atoms with Crippen LogP contribution in [0, 0.1) is 5.82 Å². The van der Waals surface area contributed by atoms with Crippen LogP contribution < -0.4 is 15.1 Å². The van der Waals surface area contributed by atoms with Crippen LogP contribution >= 0.6 is 0 Å². The van der Waals surface area contributed by atoms with Gasteiger partial charge < -0.3 is 15.0 Å². The number of nitrogens with one attached hydrogen (secondary N) is 1. The minimum atomic E-state index is -0.451. The number of likely N-dealkylation sites (N-methyl/N-ethyl adjacent to an activating group) is 1. The lowest BCUT2D eigenvalue weighted by atomic mass is 10.1. The molecule has 0 saturated carbocycles. The highest BCUT2D eigenvalue weighted by molar-refractivity contribution is 6.00. The molecule has 3 aromatic heterocycles. The van der Waals surface area contributed by atoms with Gasteiger partial charge in [-0.05, 0) is 13.1 Å². The summed E-state index contributed by atoms with van der Waals surface area (Å²) >= 11 is 0. The molecule has 11 heteroatoms. The molecule has 0 spiro atoms. The number of carbonyl (C=O) groups is 1. The highest BCUT2D eigenvalue weighted by Gasteiger charge is 2.38. The molecule has 2 fully saturated rings. The lowest BCUT2D eigenvalue weighted by Gasteiger charge is -2.26. The van der Waals surface area contributed by atoms with Gasteiger partial charge in [0, 0.05) is 37.3 Å². The number of fused-ring (bicyclic) bond motifs is 6. The number of likely N-dealkylation sites (tertiary alicyclic amines) is 1. The van der Waals surface area contributed by atoms with Crippen LogP contribution in [0.5, 0.6) is 5.88 Å². The molecule has 1 N–H and O–H groups in total. The minimum Gasteiger partial charge on any atom is -0.470 e. The van der Waals surface area contributed by atoms with E-state index in [9.17, 15) is 9.18 Å². The van der Waals surface area contributed by atoms with Gasteiger partial charge in [0.1, 0.15) is 17.5 Å². The molecule has 160 valence electrons. The average molecular weight is 425 g/mol. The summed E-state index contributed by atoms with van der Waals surface area (Å²) in [6, 6.07) is 2.58. The summed E-state index contributed by atoms with van der Waals surface area (Å²) in [5, 5.41) is 8.93. The van der Waals surface area contributed by atoms with E-state index >= 15 is 0 Å². The third kappa shape index (κ3) is 3.00. The molecule has 10 nitrogen and oxygen atoms in total. The van der Waals surface area contributed by atoms with Gasteiger partial charge in [0.2, 0.25) is 5.88 Å². The number of hydrogen-bond donors (Lipinski definition) is 1. The molecular formula is C20H20FN7O3. The van der Waals surface area contributed by atoms with Gasteiger partial charge in [0.15, 0.2) is 11.5 Å². The van der Waals surface area contributed by atoms with E-state index < -0.39 is 5.82 Å². The Kier molecular flexibility index (Phi) is 4.08. The molecule has 3 aliphatic heterocycles. The fraction of sp³-hybridized carbons (Fsp3) is 0.400. The van der Waals surface area contributed by atoms with Crippen LogP contribution in [0.1, 0.15) is 28.4 Å². The molecule has 3 atom stereocenters. The molecule has 31 heavy (non-hydrogen) atoms. The van der Waals surface area contributed by atoms with Gasteiger partial charge >= 0.3 is 0 Å². The summed E-state index contributed by atoms with van der Waals surface area (Å²) in [6.07, 6.45) is 4.64. The first kappa shape index (κ1) is 18.5. The number of hydrogen-bond acceptors (Lipinski definition) is 8. The predicted molar refractivity (Wildman–Crippen MR) is 106 cm³/mol. The van der Waals surface area contributed by atoms with Crippen LogP contribution in [0.4, 0.5) is 10.2 Å². The second-order valence-electron chi connectivity index (χ2n) is 8.08. The third-order valence-electron chi connectivity index (χ3n) is 5.96. The summed E-state index contributed by atoms with van der Waals surface area (Å²) < 4.78 is 22.0. The Morgan fingerprint density at radius 2 is 2.19 bits per heavy atom. The number of amides is 1. The van der Waals surface area contributed by atoms with Crippen LogP contribution in [0.3, 0.4) is 0 Å². The van der Waals surface area contributed by atoms with Gasteiger partial charge in [0.25, 0.3) is 5.91 Å². The van der Waals surface area contributed by atoms with Crippen molar-refractivity contribution in [2.75, 3.05) is 31.8 Å². The van der Waals surface area contributed by atoms with E-state index in [1.54, 1.807) is 21.8 Å². The largest absolute Gasteiger partial charge is 0.470 e. The first-order valence-corrected chi connectivity index (χ1v) is 10.1. The lowest BCUT2D eigenvalue weighted by Crippen LogP contribution is -2.45. The summed E-state index contributed by atoms with van der Waals surface area (Å²) in [6.45, 7) is 1.65. The molecule has 0 aliphatic carbocycles. The van der Waals surface area contributed by atoms with Crippen LogP contribution in [0.15, 0.2) is 30.7 Å². The number of pyridine rings is 1. The molecular weight excluding hydrogens is 405 g/mol. The number of carbonyl (C=O) groups excluding carboxylic acids is 1. The van der Waals surface area contributed by atoms with Gasteiger partial charge in [0.05, 0.1) is 31.1 Å². The first-order valence-electron chi connectivity index (χ1n) is 10.1. The Bertz CT molecular complexity index is 1180. The second-order valence-corrected chi connectivity index (χ2v) is 8.08. The van der Waals surface area contributed by atoms with Gasteiger partial charge in [-0.25, -0.2) is 23.9 Å². The van der Waals surface area contributed by atoms with E-state index in [1.807, 2.05) is 7.05 Å². The van der Waals surface area contributed by atoms with E-state index in [2.05, 4.69) is 25.3 Å². The van der Waals surface area contributed by atoms with Crippen molar-refractivity contribution in [1.29, 1.82) is 0 Å². The summed E-state index contributed by atoms with van der Waals surface area (Å²) in [5.74, 6) is 0.107. The van der Waals surface area contributed by atoms with Crippen LogP contribution in [-0.2, 0) is 4.84 Å². The Balaban J connectivity index is 1.54. The Morgan fingerprint density at radius 1 is 1.29 bits per heavy atom. The van der Waals surface area contributed by atoms with E-state index in [0.29, 0.717) is 54.6 Å². The molecule has 0 radical (unpaired) electrons. The molecule has 6 rings (SSSR count). The Labute approximate surface area is 176 Å². The predicted octanol–water partition coefficient (Wildman–Crippen LogP) is 0.951. The van der Waals surface area contributed by atoms with Crippen LogP contribution in [0.25, 0.3) is 5.65 Å². The topological polar surface area (TPSA) is 97.1 Å². The molecule has 2 bridgehead atoms. The van der Waals surface area contributed by atoms with Crippen LogP contribution in [-0.4, -0.2) is 69.3 Å².